The molecule has 0 aliphatic carbocycles. The zero-order chi connectivity index (χ0) is 22.9. The number of alkyl halides is 9. The second-order valence-corrected chi connectivity index (χ2v) is 6.85. The molecule has 1 unspecified atom stereocenters. The SMILES string of the molecule is C/C=C(/OSC(F)(F)F)C(CCC)CCCC(OCOC)(C(F)(F)F)C(F)(F)F. The van der Waals surface area contributed by atoms with Crippen molar-refractivity contribution in [2.45, 2.75) is 69.4 Å². The first-order valence-corrected chi connectivity index (χ1v) is 9.24. The number of ether oxygens (including phenoxy) is 2. The van der Waals surface area contributed by atoms with Crippen LogP contribution in [0, 0.1) is 5.92 Å². The first-order valence-electron chi connectivity index (χ1n) is 8.50. The van der Waals surface area contributed by atoms with Gasteiger partial charge in [0.1, 0.15) is 12.6 Å². The predicted molar refractivity (Wildman–Crippen MR) is 88.5 cm³/mol. The van der Waals surface area contributed by atoms with Gasteiger partial charge in [0.25, 0.3) is 5.60 Å². The number of rotatable bonds is 12. The topological polar surface area (TPSA) is 27.7 Å². The van der Waals surface area contributed by atoms with Gasteiger partial charge in [0, 0.05) is 13.0 Å². The predicted octanol–water partition coefficient (Wildman–Crippen LogP) is 7.15. The summed E-state index contributed by atoms with van der Waals surface area (Å²) >= 11 is -0.790. The maximum absolute atomic E-state index is 13.3. The first kappa shape index (κ1) is 28.2. The Balaban J connectivity index is 5.40. The summed E-state index contributed by atoms with van der Waals surface area (Å²) in [6.45, 7) is 1.81. The molecule has 3 nitrogen and oxygen atoms in total. The van der Waals surface area contributed by atoms with Gasteiger partial charge in [-0.05, 0) is 38.7 Å². The van der Waals surface area contributed by atoms with Crippen molar-refractivity contribution in [1.29, 1.82) is 0 Å². The molecule has 0 heterocycles. The van der Waals surface area contributed by atoms with E-state index in [2.05, 4.69) is 13.7 Å². The Hall–Kier alpha value is -0.820. The largest absolute Gasteiger partial charge is 0.479 e. The molecule has 0 spiro atoms. The van der Waals surface area contributed by atoms with Crippen LogP contribution in [0.3, 0.4) is 0 Å². The van der Waals surface area contributed by atoms with Crippen LogP contribution in [0.1, 0.15) is 46.0 Å². The Kier molecular flexibility index (Phi) is 11.2. The van der Waals surface area contributed by atoms with Crippen molar-refractivity contribution >= 4 is 12.0 Å². The summed E-state index contributed by atoms with van der Waals surface area (Å²) in [7, 11) is 0.878. The van der Waals surface area contributed by atoms with Crippen molar-refractivity contribution in [3.8, 4) is 0 Å². The van der Waals surface area contributed by atoms with Crippen molar-refractivity contribution in [2.75, 3.05) is 13.9 Å². The monoisotopic (exact) mass is 466 g/mol. The van der Waals surface area contributed by atoms with Crippen molar-refractivity contribution in [3.63, 3.8) is 0 Å². The fourth-order valence-corrected chi connectivity index (χ4v) is 3.08. The molecule has 0 aliphatic heterocycles. The molecule has 1 atom stereocenters. The van der Waals surface area contributed by atoms with Crippen LogP contribution in [0.15, 0.2) is 11.8 Å². The van der Waals surface area contributed by atoms with E-state index in [1.165, 1.54) is 13.0 Å². The molecule has 0 N–H and O–H groups in total. The van der Waals surface area contributed by atoms with Gasteiger partial charge in [0.2, 0.25) is 0 Å². The summed E-state index contributed by atoms with van der Waals surface area (Å²) in [4.78, 5) is 0. The second kappa shape index (κ2) is 11.5. The van der Waals surface area contributed by atoms with E-state index < -0.39 is 61.1 Å². The van der Waals surface area contributed by atoms with E-state index in [0.717, 1.165) is 7.11 Å². The van der Waals surface area contributed by atoms with Gasteiger partial charge in [-0.1, -0.05) is 13.3 Å². The molecule has 0 aliphatic rings. The molecule has 0 radical (unpaired) electrons. The number of hydrogen-bond acceptors (Lipinski definition) is 4. The van der Waals surface area contributed by atoms with Crippen LogP contribution < -0.4 is 0 Å². The highest BCUT2D eigenvalue weighted by Gasteiger charge is 2.71. The maximum Gasteiger partial charge on any atom is 0.479 e. The summed E-state index contributed by atoms with van der Waals surface area (Å²) in [6.07, 6.45) is -12.0. The lowest BCUT2D eigenvalue weighted by Crippen LogP contribution is -2.59. The molecule has 0 saturated heterocycles. The van der Waals surface area contributed by atoms with Crippen LogP contribution in [0.2, 0.25) is 0 Å². The Labute approximate surface area is 167 Å². The molecule has 29 heavy (non-hydrogen) atoms. The van der Waals surface area contributed by atoms with E-state index in [4.69, 9.17) is 0 Å². The lowest BCUT2D eigenvalue weighted by atomic mass is 9.89. The van der Waals surface area contributed by atoms with Crippen molar-refractivity contribution in [1.82, 2.24) is 0 Å². The standard InChI is InChI=1S/C16H23F9O3S/c1-4-7-11(12(5-2)28-29-16(23,24)25)8-6-9-13(14(17,18)19,15(20,21)22)27-10-26-3/h5,11H,4,6-10H2,1-3H3/b12-5+. The Morgan fingerprint density at radius 3 is 1.90 bits per heavy atom. The van der Waals surface area contributed by atoms with E-state index in [0.29, 0.717) is 6.42 Å². The van der Waals surface area contributed by atoms with Gasteiger partial charge < -0.3 is 13.7 Å². The summed E-state index contributed by atoms with van der Waals surface area (Å²) in [6, 6.07) is 0. The molecule has 0 amide bonds. The average molecular weight is 466 g/mol. The average Bonchev–Trinajstić information content (AvgIpc) is 2.54. The third kappa shape index (κ3) is 8.83. The number of halogens is 9. The minimum atomic E-state index is -5.77. The molecular formula is C16H23F9O3S. The zero-order valence-corrected chi connectivity index (χ0v) is 16.7. The van der Waals surface area contributed by atoms with Gasteiger partial charge in [-0.3, -0.25) is 0 Å². The van der Waals surface area contributed by atoms with Crippen LogP contribution >= 0.6 is 12.0 Å². The molecule has 0 aromatic carbocycles. The van der Waals surface area contributed by atoms with Crippen molar-refractivity contribution in [3.05, 3.63) is 11.8 Å². The van der Waals surface area contributed by atoms with Crippen molar-refractivity contribution < 1.29 is 53.2 Å². The highest BCUT2D eigenvalue weighted by atomic mass is 32.2. The second-order valence-electron chi connectivity index (χ2n) is 6.05. The Morgan fingerprint density at radius 2 is 1.52 bits per heavy atom. The highest BCUT2D eigenvalue weighted by molar-refractivity contribution is 7.95. The van der Waals surface area contributed by atoms with Crippen LogP contribution in [0.5, 0.6) is 0 Å². The number of methoxy groups -OCH3 is 1. The molecule has 0 saturated carbocycles. The normalized spacial score (nSPS) is 15.5. The van der Waals surface area contributed by atoms with Crippen LogP contribution in [0.25, 0.3) is 0 Å². The third-order valence-corrected chi connectivity index (χ3v) is 4.44. The van der Waals surface area contributed by atoms with Crippen LogP contribution in [0.4, 0.5) is 39.5 Å². The van der Waals surface area contributed by atoms with Gasteiger partial charge >= 0.3 is 17.9 Å². The minimum absolute atomic E-state index is 0.156. The van der Waals surface area contributed by atoms with Gasteiger partial charge in [0.05, 0.1) is 0 Å². The number of hydrogen-bond donors (Lipinski definition) is 0. The van der Waals surface area contributed by atoms with E-state index in [1.54, 1.807) is 6.92 Å². The van der Waals surface area contributed by atoms with E-state index in [-0.39, 0.29) is 18.6 Å². The fourth-order valence-electron chi connectivity index (χ4n) is 2.66. The molecular weight excluding hydrogens is 443 g/mol. The Morgan fingerprint density at radius 1 is 0.966 bits per heavy atom. The molecule has 174 valence electrons. The molecule has 0 aromatic rings. The minimum Gasteiger partial charge on any atom is -0.422 e. The third-order valence-electron chi connectivity index (χ3n) is 3.98. The summed E-state index contributed by atoms with van der Waals surface area (Å²) in [5.41, 5.74) is -9.15. The zero-order valence-electron chi connectivity index (χ0n) is 15.9. The lowest BCUT2D eigenvalue weighted by molar-refractivity contribution is -0.394. The fraction of sp³-hybridized carbons (Fsp3) is 0.875. The lowest BCUT2D eigenvalue weighted by Gasteiger charge is -2.37. The van der Waals surface area contributed by atoms with Gasteiger partial charge in [-0.2, -0.15) is 39.5 Å². The Bertz CT molecular complexity index is 487. The maximum atomic E-state index is 13.3. The van der Waals surface area contributed by atoms with Gasteiger partial charge in [0.15, 0.2) is 12.0 Å². The summed E-state index contributed by atoms with van der Waals surface area (Å²) in [5.74, 6) is -0.932. The van der Waals surface area contributed by atoms with E-state index in [1.807, 2.05) is 0 Å². The van der Waals surface area contributed by atoms with E-state index >= 15 is 0 Å². The van der Waals surface area contributed by atoms with Crippen molar-refractivity contribution in [2.24, 2.45) is 5.92 Å². The quantitative estimate of drug-likeness (QED) is 0.132. The van der Waals surface area contributed by atoms with Gasteiger partial charge in [-0.15, -0.1) is 0 Å². The molecule has 0 aromatic heterocycles. The first-order chi connectivity index (χ1) is 13.1. The highest BCUT2D eigenvalue weighted by Crippen LogP contribution is 2.49. The van der Waals surface area contributed by atoms with E-state index in [9.17, 15) is 39.5 Å². The van der Waals surface area contributed by atoms with Crippen LogP contribution in [-0.2, 0) is 13.7 Å². The molecule has 0 fully saturated rings. The van der Waals surface area contributed by atoms with Crippen LogP contribution in [-0.4, -0.2) is 37.4 Å². The smallest absolute Gasteiger partial charge is 0.422 e. The molecule has 0 rings (SSSR count). The molecule has 0 bridgehead atoms. The summed E-state index contributed by atoms with van der Waals surface area (Å²) < 4.78 is 130. The summed E-state index contributed by atoms with van der Waals surface area (Å²) in [5, 5.41) is 0. The molecule has 13 heteroatoms. The van der Waals surface area contributed by atoms with Gasteiger partial charge in [-0.25, -0.2) is 0 Å². The number of allylic oxidation sites excluding steroid dienone is 2.